The van der Waals surface area contributed by atoms with E-state index in [9.17, 15) is 9.59 Å². The van der Waals surface area contributed by atoms with Crippen molar-refractivity contribution in [2.75, 3.05) is 10.6 Å². The van der Waals surface area contributed by atoms with E-state index in [0.29, 0.717) is 17.8 Å². The highest BCUT2D eigenvalue weighted by Gasteiger charge is 2.31. The van der Waals surface area contributed by atoms with Crippen LogP contribution >= 0.6 is 0 Å². The van der Waals surface area contributed by atoms with Crippen LogP contribution in [0.25, 0.3) is 22.1 Å². The van der Waals surface area contributed by atoms with Gasteiger partial charge in [-0.25, -0.2) is 9.97 Å². The Hall–Kier alpha value is -3.82. The Labute approximate surface area is 196 Å². The lowest BCUT2D eigenvalue weighted by molar-refractivity contribution is -0.124. The SMILES string of the molecule is Cc1nn(C)c2ncc(NC(=O)C3CCCC(C(=O)Nc4cnc5c(c4)c(C)nn5C)C3)cc12. The molecule has 176 valence electrons. The Morgan fingerprint density at radius 3 is 1.71 bits per heavy atom. The number of hydrogen-bond acceptors (Lipinski definition) is 6. The van der Waals surface area contributed by atoms with Crippen molar-refractivity contribution in [3.63, 3.8) is 0 Å². The minimum Gasteiger partial charge on any atom is -0.324 e. The second kappa shape index (κ2) is 8.51. The Morgan fingerprint density at radius 2 is 1.26 bits per heavy atom. The minimum atomic E-state index is -0.226. The summed E-state index contributed by atoms with van der Waals surface area (Å²) in [6.45, 7) is 3.84. The van der Waals surface area contributed by atoms with E-state index >= 15 is 0 Å². The van der Waals surface area contributed by atoms with Gasteiger partial charge in [-0.2, -0.15) is 10.2 Å². The molecule has 2 N–H and O–H groups in total. The van der Waals surface area contributed by atoms with E-state index in [1.54, 1.807) is 21.8 Å². The van der Waals surface area contributed by atoms with Gasteiger partial charge in [-0.1, -0.05) is 6.42 Å². The third-order valence-corrected chi connectivity index (χ3v) is 6.68. The number of hydrogen-bond donors (Lipinski definition) is 2. The van der Waals surface area contributed by atoms with Crippen LogP contribution < -0.4 is 10.6 Å². The van der Waals surface area contributed by atoms with Gasteiger partial charge in [0.25, 0.3) is 0 Å². The monoisotopic (exact) mass is 460 g/mol. The summed E-state index contributed by atoms with van der Waals surface area (Å²) in [4.78, 5) is 34.8. The summed E-state index contributed by atoms with van der Waals surface area (Å²) in [6.07, 6.45) is 6.17. The largest absolute Gasteiger partial charge is 0.324 e. The maximum Gasteiger partial charge on any atom is 0.227 e. The summed E-state index contributed by atoms with van der Waals surface area (Å²) in [5.41, 5.74) is 4.57. The molecule has 0 radical (unpaired) electrons. The van der Waals surface area contributed by atoms with Gasteiger partial charge in [-0.3, -0.25) is 19.0 Å². The van der Waals surface area contributed by atoms with Gasteiger partial charge >= 0.3 is 0 Å². The van der Waals surface area contributed by atoms with Crippen molar-refractivity contribution >= 4 is 45.3 Å². The van der Waals surface area contributed by atoms with E-state index in [2.05, 4.69) is 30.8 Å². The van der Waals surface area contributed by atoms with Crippen LogP contribution in [-0.4, -0.2) is 41.3 Å². The van der Waals surface area contributed by atoms with Gasteiger partial charge in [0.05, 0.1) is 35.2 Å². The zero-order valence-electron chi connectivity index (χ0n) is 19.8. The first kappa shape index (κ1) is 22.0. The lowest BCUT2D eigenvalue weighted by atomic mass is 9.80. The van der Waals surface area contributed by atoms with Crippen LogP contribution in [0.5, 0.6) is 0 Å². The molecule has 1 aliphatic rings. The number of aryl methyl sites for hydroxylation is 4. The van der Waals surface area contributed by atoms with Crippen LogP contribution in [-0.2, 0) is 23.7 Å². The molecule has 4 aromatic heterocycles. The van der Waals surface area contributed by atoms with Gasteiger partial charge in [0.1, 0.15) is 0 Å². The average molecular weight is 461 g/mol. The van der Waals surface area contributed by atoms with E-state index in [1.807, 2.05) is 40.1 Å². The molecule has 2 amide bonds. The molecule has 10 nitrogen and oxygen atoms in total. The van der Waals surface area contributed by atoms with E-state index < -0.39 is 0 Å². The molecule has 5 rings (SSSR count). The standard InChI is InChI=1S/C24H28N8O2/c1-13-19-9-17(11-25-21(19)31(3)29-13)27-23(33)15-6-5-7-16(8-15)24(34)28-18-10-20-14(2)30-32(4)22(20)26-12-18/h9-12,15-16H,5-8H2,1-4H3,(H,27,33)(H,28,34). The molecule has 2 atom stereocenters. The third-order valence-electron chi connectivity index (χ3n) is 6.68. The number of carbonyl (C=O) groups is 2. The third kappa shape index (κ3) is 4.00. The number of aromatic nitrogens is 6. The predicted octanol–water partition coefficient (Wildman–Crippen LogP) is 3.25. The maximum atomic E-state index is 13.0. The molecule has 0 saturated heterocycles. The number of anilines is 2. The van der Waals surface area contributed by atoms with Crippen molar-refractivity contribution < 1.29 is 9.59 Å². The van der Waals surface area contributed by atoms with E-state index in [1.165, 1.54) is 0 Å². The first-order valence-electron chi connectivity index (χ1n) is 11.5. The molecule has 0 spiro atoms. The lowest BCUT2D eigenvalue weighted by Crippen LogP contribution is -2.33. The fraction of sp³-hybridized carbons (Fsp3) is 0.417. The summed E-state index contributed by atoms with van der Waals surface area (Å²) in [6, 6.07) is 3.80. The van der Waals surface area contributed by atoms with Gasteiger partial charge in [0, 0.05) is 36.7 Å². The van der Waals surface area contributed by atoms with Crippen LogP contribution in [0.15, 0.2) is 24.5 Å². The first-order chi connectivity index (χ1) is 16.3. The van der Waals surface area contributed by atoms with E-state index in [0.717, 1.165) is 52.7 Å². The van der Waals surface area contributed by atoms with E-state index in [-0.39, 0.29) is 23.7 Å². The fourth-order valence-electron chi connectivity index (χ4n) is 4.91. The van der Waals surface area contributed by atoms with Gasteiger partial charge in [-0.05, 0) is 45.2 Å². The van der Waals surface area contributed by atoms with Crippen LogP contribution in [0.3, 0.4) is 0 Å². The highest BCUT2D eigenvalue weighted by atomic mass is 16.2. The molecule has 0 bridgehead atoms. The van der Waals surface area contributed by atoms with Crippen molar-refractivity contribution in [1.82, 2.24) is 29.5 Å². The quantitative estimate of drug-likeness (QED) is 0.482. The number of amides is 2. The lowest BCUT2D eigenvalue weighted by Gasteiger charge is -2.27. The Morgan fingerprint density at radius 1 is 0.824 bits per heavy atom. The number of nitrogens with one attached hydrogen (secondary N) is 2. The number of pyridine rings is 2. The minimum absolute atomic E-state index is 0.0748. The van der Waals surface area contributed by atoms with Gasteiger partial charge in [0.15, 0.2) is 11.3 Å². The number of rotatable bonds is 4. The van der Waals surface area contributed by atoms with Crippen molar-refractivity contribution in [2.45, 2.75) is 39.5 Å². The normalized spacial score (nSPS) is 18.4. The van der Waals surface area contributed by atoms with Crippen molar-refractivity contribution in [1.29, 1.82) is 0 Å². The van der Waals surface area contributed by atoms with Gasteiger partial charge in [-0.15, -0.1) is 0 Å². The fourth-order valence-corrected chi connectivity index (χ4v) is 4.91. The highest BCUT2D eigenvalue weighted by molar-refractivity contribution is 5.97. The van der Waals surface area contributed by atoms with Crippen molar-refractivity contribution in [2.24, 2.45) is 25.9 Å². The van der Waals surface area contributed by atoms with Gasteiger partial charge in [0.2, 0.25) is 11.8 Å². The van der Waals surface area contributed by atoms with Gasteiger partial charge < -0.3 is 10.6 Å². The smallest absolute Gasteiger partial charge is 0.227 e. The Bertz CT molecular complexity index is 1310. The van der Waals surface area contributed by atoms with Crippen LogP contribution in [0.1, 0.15) is 37.1 Å². The molecule has 1 saturated carbocycles. The van der Waals surface area contributed by atoms with Crippen LogP contribution in [0.2, 0.25) is 0 Å². The molecular weight excluding hydrogens is 432 g/mol. The molecule has 34 heavy (non-hydrogen) atoms. The molecule has 4 heterocycles. The van der Waals surface area contributed by atoms with Crippen LogP contribution in [0.4, 0.5) is 11.4 Å². The number of carbonyl (C=O) groups excluding carboxylic acids is 2. The summed E-state index contributed by atoms with van der Waals surface area (Å²) in [7, 11) is 3.69. The molecule has 1 fully saturated rings. The molecule has 0 aliphatic heterocycles. The zero-order chi connectivity index (χ0) is 24.0. The van der Waals surface area contributed by atoms with Crippen molar-refractivity contribution in [3.8, 4) is 0 Å². The molecule has 0 aromatic carbocycles. The molecule has 10 heteroatoms. The second-order valence-electron chi connectivity index (χ2n) is 9.15. The van der Waals surface area contributed by atoms with E-state index in [4.69, 9.17) is 0 Å². The van der Waals surface area contributed by atoms with Crippen molar-refractivity contribution in [3.05, 3.63) is 35.9 Å². The topological polar surface area (TPSA) is 120 Å². The average Bonchev–Trinajstić information content (AvgIpc) is 3.27. The maximum absolute atomic E-state index is 13.0. The predicted molar refractivity (Wildman–Crippen MR) is 129 cm³/mol. The first-order valence-corrected chi connectivity index (χ1v) is 11.5. The number of nitrogens with zero attached hydrogens (tertiary/aromatic N) is 6. The summed E-state index contributed by atoms with van der Waals surface area (Å²) in [5, 5.41) is 16.6. The highest BCUT2D eigenvalue weighted by Crippen LogP contribution is 2.31. The Balaban J connectivity index is 1.25. The number of fused-ring (bicyclic) bond motifs is 2. The Kier molecular flexibility index (Phi) is 5.51. The summed E-state index contributed by atoms with van der Waals surface area (Å²) < 4.78 is 3.45. The molecule has 1 aliphatic carbocycles. The summed E-state index contributed by atoms with van der Waals surface area (Å²) >= 11 is 0. The van der Waals surface area contributed by atoms with Crippen LogP contribution in [0, 0.1) is 25.7 Å². The molecular formula is C24H28N8O2. The summed E-state index contributed by atoms with van der Waals surface area (Å²) in [5.74, 6) is -0.601. The second-order valence-corrected chi connectivity index (χ2v) is 9.15. The molecule has 2 unspecified atom stereocenters. The zero-order valence-corrected chi connectivity index (χ0v) is 19.8. The molecule has 4 aromatic rings.